The zero-order valence-electron chi connectivity index (χ0n) is 15.6. The van der Waals surface area contributed by atoms with Gasteiger partial charge in [0.1, 0.15) is 5.82 Å². The van der Waals surface area contributed by atoms with E-state index in [9.17, 15) is 4.79 Å². The molecule has 0 unspecified atom stereocenters. The van der Waals surface area contributed by atoms with Gasteiger partial charge in [-0.3, -0.25) is 4.79 Å². The summed E-state index contributed by atoms with van der Waals surface area (Å²) >= 11 is 0. The fourth-order valence-electron chi connectivity index (χ4n) is 3.64. The van der Waals surface area contributed by atoms with Crippen molar-refractivity contribution in [1.29, 1.82) is 0 Å². The van der Waals surface area contributed by atoms with Gasteiger partial charge in [-0.05, 0) is 55.7 Å². The van der Waals surface area contributed by atoms with E-state index in [1.807, 2.05) is 18.2 Å². The number of ether oxygens (including phenoxy) is 1. The summed E-state index contributed by atoms with van der Waals surface area (Å²) in [7, 11) is 0. The van der Waals surface area contributed by atoms with E-state index in [1.54, 1.807) is 12.3 Å². The molecule has 2 aliphatic heterocycles. The Bertz CT molecular complexity index is 766. The number of amides is 1. The van der Waals surface area contributed by atoms with Gasteiger partial charge in [0.25, 0.3) is 5.91 Å². The van der Waals surface area contributed by atoms with Crippen LogP contribution in [0, 0.1) is 0 Å². The standard InChI is InChI=1S/C21H26N4O2/c26-21(17-8-9-22-20(16-17)25-12-14-27-15-13-25)23-18-4-6-19(7-5-18)24-10-2-1-3-11-24/h4-9,16H,1-3,10-15H2,(H,23,26). The van der Waals surface area contributed by atoms with Crippen molar-refractivity contribution in [3.05, 3.63) is 48.2 Å². The molecule has 142 valence electrons. The monoisotopic (exact) mass is 366 g/mol. The Kier molecular flexibility index (Phi) is 5.53. The zero-order chi connectivity index (χ0) is 18.5. The molecule has 0 saturated carbocycles. The second kappa shape index (κ2) is 8.39. The van der Waals surface area contributed by atoms with Crippen LogP contribution in [0.25, 0.3) is 0 Å². The summed E-state index contributed by atoms with van der Waals surface area (Å²) in [5.74, 6) is 0.712. The molecule has 0 radical (unpaired) electrons. The molecule has 2 aromatic rings. The molecular formula is C21H26N4O2. The molecule has 2 aliphatic rings. The number of carbonyl (C=O) groups is 1. The highest BCUT2D eigenvalue weighted by atomic mass is 16.5. The van der Waals surface area contributed by atoms with Gasteiger partial charge in [-0.15, -0.1) is 0 Å². The summed E-state index contributed by atoms with van der Waals surface area (Å²) < 4.78 is 5.38. The largest absolute Gasteiger partial charge is 0.378 e. The van der Waals surface area contributed by atoms with Gasteiger partial charge in [0.15, 0.2) is 0 Å². The van der Waals surface area contributed by atoms with Crippen molar-refractivity contribution in [3.63, 3.8) is 0 Å². The van der Waals surface area contributed by atoms with Crippen molar-refractivity contribution in [2.45, 2.75) is 19.3 Å². The van der Waals surface area contributed by atoms with Crippen LogP contribution in [0.2, 0.25) is 0 Å². The number of hydrogen-bond acceptors (Lipinski definition) is 5. The lowest BCUT2D eigenvalue weighted by Gasteiger charge is -2.28. The number of aromatic nitrogens is 1. The highest BCUT2D eigenvalue weighted by Crippen LogP contribution is 2.22. The molecule has 1 aromatic carbocycles. The molecular weight excluding hydrogens is 340 g/mol. The van der Waals surface area contributed by atoms with Crippen LogP contribution in [-0.4, -0.2) is 50.3 Å². The summed E-state index contributed by atoms with van der Waals surface area (Å²) in [4.78, 5) is 21.6. The lowest BCUT2D eigenvalue weighted by molar-refractivity contribution is 0.102. The Balaban J connectivity index is 1.41. The van der Waals surface area contributed by atoms with Crippen LogP contribution in [-0.2, 0) is 4.74 Å². The minimum absolute atomic E-state index is 0.113. The molecule has 0 aliphatic carbocycles. The van der Waals surface area contributed by atoms with E-state index < -0.39 is 0 Å². The number of anilines is 3. The van der Waals surface area contributed by atoms with Crippen LogP contribution >= 0.6 is 0 Å². The molecule has 0 spiro atoms. The predicted octanol–water partition coefficient (Wildman–Crippen LogP) is 3.16. The first-order valence-electron chi connectivity index (χ1n) is 9.75. The van der Waals surface area contributed by atoms with E-state index in [-0.39, 0.29) is 5.91 Å². The van der Waals surface area contributed by atoms with Crippen molar-refractivity contribution in [3.8, 4) is 0 Å². The second-order valence-electron chi connectivity index (χ2n) is 7.05. The number of hydrogen-bond donors (Lipinski definition) is 1. The molecule has 4 rings (SSSR count). The Morgan fingerprint density at radius 3 is 2.41 bits per heavy atom. The Labute approximate surface area is 160 Å². The Morgan fingerprint density at radius 2 is 1.67 bits per heavy atom. The van der Waals surface area contributed by atoms with Gasteiger partial charge >= 0.3 is 0 Å². The summed E-state index contributed by atoms with van der Waals surface area (Å²) in [5, 5.41) is 2.99. The van der Waals surface area contributed by atoms with Gasteiger partial charge in [-0.25, -0.2) is 4.98 Å². The molecule has 6 heteroatoms. The summed E-state index contributed by atoms with van der Waals surface area (Å²) in [6, 6.07) is 11.7. The predicted molar refractivity (Wildman–Crippen MR) is 108 cm³/mol. The van der Waals surface area contributed by atoms with Crippen LogP contribution in [0.15, 0.2) is 42.6 Å². The second-order valence-corrected chi connectivity index (χ2v) is 7.05. The van der Waals surface area contributed by atoms with Crippen molar-refractivity contribution in [1.82, 2.24) is 4.98 Å². The fourth-order valence-corrected chi connectivity index (χ4v) is 3.64. The SMILES string of the molecule is O=C(Nc1ccc(N2CCCCC2)cc1)c1ccnc(N2CCOCC2)c1. The molecule has 2 fully saturated rings. The number of nitrogens with zero attached hydrogens (tertiary/aromatic N) is 3. The van der Waals surface area contributed by atoms with E-state index in [4.69, 9.17) is 4.74 Å². The van der Waals surface area contributed by atoms with E-state index >= 15 is 0 Å². The zero-order valence-corrected chi connectivity index (χ0v) is 15.6. The molecule has 6 nitrogen and oxygen atoms in total. The maximum Gasteiger partial charge on any atom is 0.255 e. The van der Waals surface area contributed by atoms with Gasteiger partial charge in [-0.1, -0.05) is 0 Å². The average molecular weight is 366 g/mol. The number of pyridine rings is 1. The molecule has 0 atom stereocenters. The maximum absolute atomic E-state index is 12.6. The minimum atomic E-state index is -0.113. The first kappa shape index (κ1) is 17.8. The quantitative estimate of drug-likeness (QED) is 0.901. The molecule has 3 heterocycles. The van der Waals surface area contributed by atoms with Gasteiger partial charge in [0.05, 0.1) is 13.2 Å². The number of nitrogens with one attached hydrogen (secondary N) is 1. The molecule has 27 heavy (non-hydrogen) atoms. The van der Waals surface area contributed by atoms with Gasteiger partial charge in [-0.2, -0.15) is 0 Å². The smallest absolute Gasteiger partial charge is 0.255 e. The Hall–Kier alpha value is -2.60. The van der Waals surface area contributed by atoms with Gasteiger partial charge in [0, 0.05) is 49.3 Å². The van der Waals surface area contributed by atoms with E-state index in [0.29, 0.717) is 18.8 Å². The highest BCUT2D eigenvalue weighted by Gasteiger charge is 2.15. The number of carbonyl (C=O) groups excluding carboxylic acids is 1. The summed E-state index contributed by atoms with van der Waals surface area (Å²) in [6.45, 7) is 5.23. The van der Waals surface area contributed by atoms with Crippen LogP contribution in [0.4, 0.5) is 17.2 Å². The summed E-state index contributed by atoms with van der Waals surface area (Å²) in [6.07, 6.45) is 5.53. The van der Waals surface area contributed by atoms with E-state index in [1.165, 1.54) is 24.9 Å². The Morgan fingerprint density at radius 1 is 0.926 bits per heavy atom. The third-order valence-electron chi connectivity index (χ3n) is 5.19. The fraction of sp³-hybridized carbons (Fsp3) is 0.429. The van der Waals surface area contributed by atoms with Crippen molar-refractivity contribution < 1.29 is 9.53 Å². The first-order chi connectivity index (χ1) is 13.3. The van der Waals surface area contributed by atoms with Crippen LogP contribution in [0.3, 0.4) is 0 Å². The normalized spacial score (nSPS) is 17.6. The average Bonchev–Trinajstić information content (AvgIpc) is 2.75. The maximum atomic E-state index is 12.6. The van der Waals surface area contributed by atoms with Crippen LogP contribution < -0.4 is 15.1 Å². The number of morpholine rings is 1. The van der Waals surface area contributed by atoms with E-state index in [0.717, 1.165) is 37.7 Å². The van der Waals surface area contributed by atoms with Crippen LogP contribution in [0.5, 0.6) is 0 Å². The molecule has 1 amide bonds. The number of piperidine rings is 1. The van der Waals surface area contributed by atoms with Crippen molar-refractivity contribution >= 4 is 23.1 Å². The highest BCUT2D eigenvalue weighted by molar-refractivity contribution is 6.04. The molecule has 0 bridgehead atoms. The summed E-state index contributed by atoms with van der Waals surface area (Å²) in [5.41, 5.74) is 2.66. The lowest BCUT2D eigenvalue weighted by Crippen LogP contribution is -2.36. The number of benzene rings is 1. The van der Waals surface area contributed by atoms with E-state index in [2.05, 4.69) is 32.2 Å². The third kappa shape index (κ3) is 4.39. The number of rotatable bonds is 4. The first-order valence-corrected chi connectivity index (χ1v) is 9.75. The minimum Gasteiger partial charge on any atom is -0.378 e. The molecule has 1 N–H and O–H groups in total. The van der Waals surface area contributed by atoms with Gasteiger partial charge in [0.2, 0.25) is 0 Å². The molecule has 1 aromatic heterocycles. The lowest BCUT2D eigenvalue weighted by atomic mass is 10.1. The van der Waals surface area contributed by atoms with Crippen LogP contribution in [0.1, 0.15) is 29.6 Å². The molecule has 2 saturated heterocycles. The third-order valence-corrected chi connectivity index (χ3v) is 5.19. The van der Waals surface area contributed by atoms with Gasteiger partial charge < -0.3 is 19.9 Å². The topological polar surface area (TPSA) is 57.7 Å². The van der Waals surface area contributed by atoms with Crippen molar-refractivity contribution in [2.24, 2.45) is 0 Å². The van der Waals surface area contributed by atoms with Crippen molar-refractivity contribution in [2.75, 3.05) is 54.5 Å².